The van der Waals surface area contributed by atoms with Gasteiger partial charge >= 0.3 is 0 Å². The van der Waals surface area contributed by atoms with Crippen molar-refractivity contribution in [1.29, 1.82) is 0 Å². The summed E-state index contributed by atoms with van der Waals surface area (Å²) in [6.45, 7) is 0. The molecule has 112 valence electrons. The molecule has 0 aliphatic rings. The van der Waals surface area contributed by atoms with Crippen LogP contribution in [0.3, 0.4) is 0 Å². The van der Waals surface area contributed by atoms with Crippen molar-refractivity contribution in [1.82, 2.24) is 0 Å². The number of para-hydroxylation sites is 1. The molecule has 3 N–H and O–H groups in total. The van der Waals surface area contributed by atoms with Gasteiger partial charge in [0.25, 0.3) is 10.0 Å². The molecule has 2 rings (SSSR count). The zero-order chi connectivity index (χ0) is 15.7. The highest BCUT2D eigenvalue weighted by atomic mass is 79.9. The van der Waals surface area contributed by atoms with E-state index in [0.29, 0.717) is 10.2 Å². The smallest absolute Gasteiger partial charge is 0.261 e. The first-order chi connectivity index (χ1) is 9.70. The van der Waals surface area contributed by atoms with Crippen LogP contribution in [0.2, 0.25) is 0 Å². The summed E-state index contributed by atoms with van der Waals surface area (Å²) in [5, 5.41) is 4.96. The van der Waals surface area contributed by atoms with Gasteiger partial charge in [0, 0.05) is 4.47 Å². The Hall–Kier alpha value is -1.42. The summed E-state index contributed by atoms with van der Waals surface area (Å²) in [5.74, 6) is 0. The average molecular weight is 391 g/mol. The fourth-order valence-electron chi connectivity index (χ4n) is 1.56. The van der Waals surface area contributed by atoms with Crippen molar-refractivity contribution in [2.75, 3.05) is 4.72 Å². The fourth-order valence-corrected chi connectivity index (χ4v) is 3.67. The molecule has 0 aromatic heterocycles. The molecular weight excluding hydrogens is 380 g/mol. The predicted octanol–water partition coefficient (Wildman–Crippen LogP) is 1.90. The molecule has 0 aliphatic carbocycles. The van der Waals surface area contributed by atoms with Crippen LogP contribution in [0.15, 0.2) is 62.8 Å². The van der Waals surface area contributed by atoms with E-state index in [-0.39, 0.29) is 9.79 Å². The van der Waals surface area contributed by atoms with Crippen LogP contribution in [0.1, 0.15) is 0 Å². The molecule has 0 aliphatic heterocycles. The van der Waals surface area contributed by atoms with Gasteiger partial charge in [-0.1, -0.05) is 12.1 Å². The maximum atomic E-state index is 12.2. The predicted molar refractivity (Wildman–Crippen MR) is 82.8 cm³/mol. The maximum Gasteiger partial charge on any atom is 0.261 e. The van der Waals surface area contributed by atoms with Gasteiger partial charge in [-0.05, 0) is 52.3 Å². The second-order valence-corrected chi connectivity index (χ2v) is 8.20. The lowest BCUT2D eigenvalue weighted by Crippen LogP contribution is -2.15. The number of sulfonamides is 2. The van der Waals surface area contributed by atoms with Crippen molar-refractivity contribution < 1.29 is 16.8 Å². The van der Waals surface area contributed by atoms with E-state index in [9.17, 15) is 16.8 Å². The van der Waals surface area contributed by atoms with Gasteiger partial charge < -0.3 is 0 Å². The number of primary sulfonamides is 1. The molecule has 6 nitrogen and oxygen atoms in total. The van der Waals surface area contributed by atoms with Gasteiger partial charge in [0.2, 0.25) is 10.0 Å². The summed E-state index contributed by atoms with van der Waals surface area (Å²) >= 11 is 3.24. The number of halogens is 1. The Balaban J connectivity index is 2.35. The van der Waals surface area contributed by atoms with Crippen LogP contribution < -0.4 is 9.86 Å². The van der Waals surface area contributed by atoms with Gasteiger partial charge in [-0.25, -0.2) is 22.0 Å². The second kappa shape index (κ2) is 5.76. The molecule has 0 saturated carbocycles. The van der Waals surface area contributed by atoms with Crippen molar-refractivity contribution in [3.8, 4) is 0 Å². The van der Waals surface area contributed by atoms with Crippen LogP contribution in [-0.2, 0) is 20.0 Å². The summed E-state index contributed by atoms with van der Waals surface area (Å²) in [5.41, 5.74) is 0.382. The SMILES string of the molecule is NS(=O)(=O)c1ccc(S(=O)(=O)Nc2ccccc2Br)cc1. The Bertz CT molecular complexity index is 862. The summed E-state index contributed by atoms with van der Waals surface area (Å²) < 4.78 is 49.7. The van der Waals surface area contributed by atoms with E-state index < -0.39 is 20.0 Å². The van der Waals surface area contributed by atoms with E-state index in [1.807, 2.05) is 0 Å². The zero-order valence-corrected chi connectivity index (χ0v) is 13.7. The molecule has 0 fully saturated rings. The normalized spacial score (nSPS) is 12.1. The van der Waals surface area contributed by atoms with Gasteiger partial charge in [0.15, 0.2) is 0 Å². The van der Waals surface area contributed by atoms with Gasteiger partial charge in [0.05, 0.1) is 15.5 Å². The molecule has 2 aromatic rings. The van der Waals surface area contributed by atoms with Gasteiger partial charge in [-0.15, -0.1) is 0 Å². The van der Waals surface area contributed by atoms with Crippen LogP contribution in [-0.4, -0.2) is 16.8 Å². The van der Waals surface area contributed by atoms with Crippen LogP contribution in [0, 0.1) is 0 Å². The Morgan fingerprint density at radius 3 is 1.90 bits per heavy atom. The van der Waals surface area contributed by atoms with Crippen LogP contribution >= 0.6 is 15.9 Å². The summed E-state index contributed by atoms with van der Waals surface area (Å²) in [6, 6.07) is 11.4. The molecule has 0 heterocycles. The quantitative estimate of drug-likeness (QED) is 0.830. The third-order valence-corrected chi connectivity index (χ3v) is 5.58. The monoisotopic (exact) mass is 390 g/mol. The lowest BCUT2D eigenvalue weighted by molar-refractivity contribution is 0.595. The maximum absolute atomic E-state index is 12.2. The number of hydrogen-bond acceptors (Lipinski definition) is 4. The molecule has 9 heteroatoms. The minimum absolute atomic E-state index is 0.0642. The average Bonchev–Trinajstić information content (AvgIpc) is 2.40. The Labute approximate surface area is 131 Å². The van der Waals surface area contributed by atoms with Crippen molar-refractivity contribution >= 4 is 41.7 Å². The first-order valence-electron chi connectivity index (χ1n) is 5.60. The molecule has 0 radical (unpaired) electrons. The number of anilines is 1. The molecule has 0 spiro atoms. The highest BCUT2D eigenvalue weighted by molar-refractivity contribution is 9.10. The van der Waals surface area contributed by atoms with Crippen molar-refractivity contribution in [2.24, 2.45) is 5.14 Å². The topological polar surface area (TPSA) is 106 Å². The molecule has 0 atom stereocenters. The standard InChI is InChI=1S/C12H11BrN2O4S2/c13-11-3-1-2-4-12(11)15-21(18,19)10-7-5-9(6-8-10)20(14,16)17/h1-8,15H,(H2,14,16,17). The van der Waals surface area contributed by atoms with Gasteiger partial charge in [0.1, 0.15) is 0 Å². The Kier molecular flexibility index (Phi) is 4.38. The molecule has 0 unspecified atom stereocenters. The molecule has 0 saturated heterocycles. The molecule has 0 bridgehead atoms. The van der Waals surface area contributed by atoms with Crippen LogP contribution in [0.5, 0.6) is 0 Å². The lowest BCUT2D eigenvalue weighted by atomic mass is 10.3. The summed E-state index contributed by atoms with van der Waals surface area (Å²) in [7, 11) is -7.67. The Morgan fingerprint density at radius 2 is 1.38 bits per heavy atom. The Morgan fingerprint density at radius 1 is 0.857 bits per heavy atom. The van der Waals surface area contributed by atoms with Gasteiger partial charge in [-0.3, -0.25) is 4.72 Å². The summed E-state index contributed by atoms with van der Waals surface area (Å²) in [6.07, 6.45) is 0. The third kappa shape index (κ3) is 3.82. The number of nitrogens with two attached hydrogens (primary N) is 1. The van der Waals surface area contributed by atoms with E-state index in [1.54, 1.807) is 24.3 Å². The first-order valence-corrected chi connectivity index (χ1v) is 9.42. The zero-order valence-electron chi connectivity index (χ0n) is 10.5. The molecule has 2 aromatic carbocycles. The third-order valence-electron chi connectivity index (χ3n) is 2.58. The number of benzene rings is 2. The number of hydrogen-bond donors (Lipinski definition) is 2. The van der Waals surface area contributed by atoms with Crippen LogP contribution in [0.4, 0.5) is 5.69 Å². The van der Waals surface area contributed by atoms with E-state index in [4.69, 9.17) is 5.14 Å². The van der Waals surface area contributed by atoms with Crippen molar-refractivity contribution in [3.63, 3.8) is 0 Å². The fraction of sp³-hybridized carbons (Fsp3) is 0. The van der Waals surface area contributed by atoms with E-state index >= 15 is 0 Å². The van der Waals surface area contributed by atoms with Gasteiger partial charge in [-0.2, -0.15) is 0 Å². The highest BCUT2D eigenvalue weighted by Gasteiger charge is 2.16. The second-order valence-electron chi connectivity index (χ2n) is 4.10. The van der Waals surface area contributed by atoms with E-state index in [1.165, 1.54) is 12.1 Å². The largest absolute Gasteiger partial charge is 0.278 e. The van der Waals surface area contributed by atoms with E-state index in [2.05, 4.69) is 20.7 Å². The number of nitrogens with one attached hydrogen (secondary N) is 1. The molecular formula is C12H11BrN2O4S2. The summed E-state index contributed by atoms with van der Waals surface area (Å²) in [4.78, 5) is -0.215. The van der Waals surface area contributed by atoms with Crippen molar-refractivity contribution in [2.45, 2.75) is 9.79 Å². The van der Waals surface area contributed by atoms with Crippen LogP contribution in [0.25, 0.3) is 0 Å². The minimum atomic E-state index is -3.85. The number of rotatable bonds is 4. The molecule has 21 heavy (non-hydrogen) atoms. The first kappa shape index (κ1) is 16.0. The highest BCUT2D eigenvalue weighted by Crippen LogP contribution is 2.24. The minimum Gasteiger partial charge on any atom is -0.278 e. The molecule has 0 amide bonds. The lowest BCUT2D eigenvalue weighted by Gasteiger charge is -2.09. The van der Waals surface area contributed by atoms with Crippen molar-refractivity contribution in [3.05, 3.63) is 53.0 Å². The van der Waals surface area contributed by atoms with E-state index in [0.717, 1.165) is 12.1 Å².